The zero-order valence-corrected chi connectivity index (χ0v) is 16.2. The lowest BCUT2D eigenvalue weighted by molar-refractivity contribution is -0.0901. The van der Waals surface area contributed by atoms with E-state index in [1.807, 2.05) is 0 Å². The molecule has 13 heteroatoms. The summed E-state index contributed by atoms with van der Waals surface area (Å²) in [6.07, 6.45) is -0.930. The van der Waals surface area contributed by atoms with Gasteiger partial charge in [-0.3, -0.25) is 9.59 Å². The Labute approximate surface area is 175 Å². The highest BCUT2D eigenvalue weighted by molar-refractivity contribution is 7.18. The molecule has 1 saturated carbocycles. The Hall–Kier alpha value is -3.48. The number of ketones is 1. The summed E-state index contributed by atoms with van der Waals surface area (Å²) in [6, 6.07) is 3.49. The lowest BCUT2D eigenvalue weighted by Crippen LogP contribution is -2.50. The van der Waals surface area contributed by atoms with E-state index in [2.05, 4.69) is 20.8 Å². The standard InChI is InChI=1S/C18H13F4N5O3S/c19-9-2-1-7(3-10(9)20)25-17-26-15(23)14(31-17)13(28)12-4-11(27-30-12)16(29)24-8-5-18(21,22)6-8/h1-4,8H,5-6,23H2,(H,24,29)(H,25,26). The first-order chi connectivity index (χ1) is 14.6. The van der Waals surface area contributed by atoms with Crippen LogP contribution >= 0.6 is 11.3 Å². The third kappa shape index (κ3) is 4.35. The molecule has 4 N–H and O–H groups in total. The molecule has 0 spiro atoms. The number of hydrogen-bond donors (Lipinski definition) is 3. The quantitative estimate of drug-likeness (QED) is 0.384. The van der Waals surface area contributed by atoms with Crippen molar-refractivity contribution in [3.63, 3.8) is 0 Å². The van der Waals surface area contributed by atoms with Crippen molar-refractivity contribution in [3.05, 3.63) is 52.2 Å². The molecule has 1 fully saturated rings. The van der Waals surface area contributed by atoms with Gasteiger partial charge in [-0.1, -0.05) is 16.5 Å². The number of nitrogen functional groups attached to an aromatic ring is 1. The van der Waals surface area contributed by atoms with Crippen molar-refractivity contribution in [1.29, 1.82) is 0 Å². The molecule has 162 valence electrons. The number of amides is 1. The monoisotopic (exact) mass is 455 g/mol. The minimum Gasteiger partial charge on any atom is -0.382 e. The summed E-state index contributed by atoms with van der Waals surface area (Å²) in [4.78, 5) is 28.6. The van der Waals surface area contributed by atoms with Gasteiger partial charge in [0.1, 0.15) is 10.7 Å². The molecule has 0 saturated heterocycles. The predicted molar refractivity (Wildman–Crippen MR) is 102 cm³/mol. The number of nitrogens with two attached hydrogens (primary N) is 1. The van der Waals surface area contributed by atoms with Gasteiger partial charge in [-0.15, -0.1) is 0 Å². The second kappa shape index (κ2) is 7.65. The lowest BCUT2D eigenvalue weighted by atomic mass is 9.88. The Morgan fingerprint density at radius 2 is 1.94 bits per heavy atom. The van der Waals surface area contributed by atoms with Crippen molar-refractivity contribution >= 4 is 39.7 Å². The molecular formula is C18H13F4N5O3S. The van der Waals surface area contributed by atoms with E-state index in [0.717, 1.165) is 29.5 Å². The molecule has 0 aliphatic heterocycles. The van der Waals surface area contributed by atoms with Gasteiger partial charge in [-0.2, -0.15) is 0 Å². The molecule has 1 aromatic carbocycles. The second-order valence-corrected chi connectivity index (χ2v) is 7.83. The zero-order valence-electron chi connectivity index (χ0n) is 15.4. The van der Waals surface area contributed by atoms with Gasteiger partial charge in [-0.05, 0) is 12.1 Å². The fourth-order valence-corrected chi connectivity index (χ4v) is 3.72. The Morgan fingerprint density at radius 3 is 2.61 bits per heavy atom. The summed E-state index contributed by atoms with van der Waals surface area (Å²) in [5, 5.41) is 8.70. The summed E-state index contributed by atoms with van der Waals surface area (Å²) >= 11 is 0.824. The van der Waals surface area contributed by atoms with Crippen LogP contribution in [0.25, 0.3) is 0 Å². The third-order valence-corrected chi connectivity index (χ3v) is 5.41. The average molecular weight is 455 g/mol. The van der Waals surface area contributed by atoms with Crippen LogP contribution in [0, 0.1) is 11.6 Å². The molecule has 3 aromatic rings. The molecular weight excluding hydrogens is 442 g/mol. The molecule has 0 bridgehead atoms. The number of rotatable bonds is 6. The molecule has 2 heterocycles. The summed E-state index contributed by atoms with van der Waals surface area (Å²) in [6.45, 7) is 0. The number of benzene rings is 1. The van der Waals surface area contributed by atoms with Gasteiger partial charge >= 0.3 is 0 Å². The number of carbonyl (C=O) groups is 2. The van der Waals surface area contributed by atoms with E-state index < -0.39 is 48.1 Å². The number of aromatic nitrogens is 2. The van der Waals surface area contributed by atoms with Crippen molar-refractivity contribution in [3.8, 4) is 0 Å². The zero-order chi connectivity index (χ0) is 22.3. The minimum absolute atomic E-state index is 0.0353. The number of alkyl halides is 2. The van der Waals surface area contributed by atoms with Crippen LogP contribution in [0.3, 0.4) is 0 Å². The number of thiazole rings is 1. The summed E-state index contributed by atoms with van der Waals surface area (Å²) < 4.78 is 57.0. The molecule has 0 radical (unpaired) electrons. The smallest absolute Gasteiger partial charge is 0.273 e. The number of hydrogen-bond acceptors (Lipinski definition) is 8. The topological polar surface area (TPSA) is 123 Å². The Bertz CT molecular complexity index is 1170. The van der Waals surface area contributed by atoms with Crippen LogP contribution in [0.4, 0.5) is 34.2 Å². The van der Waals surface area contributed by atoms with Crippen molar-refractivity contribution in [1.82, 2.24) is 15.5 Å². The van der Waals surface area contributed by atoms with Crippen LogP contribution < -0.4 is 16.4 Å². The largest absolute Gasteiger partial charge is 0.382 e. The lowest BCUT2D eigenvalue weighted by Gasteiger charge is -2.34. The van der Waals surface area contributed by atoms with Crippen LogP contribution in [0.5, 0.6) is 0 Å². The van der Waals surface area contributed by atoms with E-state index >= 15 is 0 Å². The predicted octanol–water partition coefficient (Wildman–Crippen LogP) is 3.49. The maximum absolute atomic E-state index is 13.3. The van der Waals surface area contributed by atoms with Gasteiger partial charge in [0.15, 0.2) is 22.5 Å². The molecule has 0 unspecified atom stereocenters. The molecule has 1 aliphatic rings. The molecule has 4 rings (SSSR count). The van der Waals surface area contributed by atoms with Gasteiger partial charge in [0.2, 0.25) is 11.5 Å². The Kier molecular flexibility index (Phi) is 5.13. The summed E-state index contributed by atoms with van der Waals surface area (Å²) in [5.74, 6) is -6.80. The Balaban J connectivity index is 1.45. The molecule has 31 heavy (non-hydrogen) atoms. The fraction of sp³-hybridized carbons (Fsp3) is 0.222. The maximum Gasteiger partial charge on any atom is 0.273 e. The number of nitrogens with one attached hydrogen (secondary N) is 2. The highest BCUT2D eigenvalue weighted by atomic mass is 32.1. The number of halogens is 4. The van der Waals surface area contributed by atoms with E-state index in [1.54, 1.807) is 0 Å². The molecule has 8 nitrogen and oxygen atoms in total. The normalized spacial score (nSPS) is 15.4. The van der Waals surface area contributed by atoms with E-state index in [9.17, 15) is 27.2 Å². The number of carbonyl (C=O) groups excluding carboxylic acids is 2. The first-order valence-corrected chi connectivity index (χ1v) is 9.61. The van der Waals surface area contributed by atoms with Crippen LogP contribution in [0.1, 0.15) is 38.8 Å². The van der Waals surface area contributed by atoms with Crippen molar-refractivity contribution in [2.24, 2.45) is 0 Å². The summed E-state index contributed by atoms with van der Waals surface area (Å²) in [5.41, 5.74) is 5.70. The van der Waals surface area contributed by atoms with E-state index in [0.29, 0.717) is 0 Å². The van der Waals surface area contributed by atoms with Crippen molar-refractivity contribution in [2.75, 3.05) is 11.1 Å². The second-order valence-electron chi connectivity index (χ2n) is 6.83. The van der Waals surface area contributed by atoms with E-state index in [4.69, 9.17) is 10.3 Å². The molecule has 1 aliphatic carbocycles. The van der Waals surface area contributed by atoms with Gasteiger partial charge in [0, 0.05) is 36.7 Å². The van der Waals surface area contributed by atoms with Gasteiger partial charge in [-0.25, -0.2) is 22.5 Å². The number of nitrogens with zero attached hydrogens (tertiary/aromatic N) is 2. The molecule has 2 aromatic heterocycles. The summed E-state index contributed by atoms with van der Waals surface area (Å²) in [7, 11) is 0. The van der Waals surface area contributed by atoms with Crippen LogP contribution in [0.15, 0.2) is 28.8 Å². The van der Waals surface area contributed by atoms with Crippen molar-refractivity contribution < 1.29 is 31.7 Å². The van der Waals surface area contributed by atoms with Crippen LogP contribution in [-0.4, -0.2) is 33.8 Å². The van der Waals surface area contributed by atoms with Crippen LogP contribution in [-0.2, 0) is 0 Å². The molecule has 0 atom stereocenters. The van der Waals surface area contributed by atoms with Gasteiger partial charge in [0.05, 0.1) is 0 Å². The first kappa shape index (κ1) is 20.8. The third-order valence-electron chi connectivity index (χ3n) is 4.42. The fourth-order valence-electron chi connectivity index (χ4n) is 2.87. The minimum atomic E-state index is -2.79. The highest BCUT2D eigenvalue weighted by Crippen LogP contribution is 2.37. The highest BCUT2D eigenvalue weighted by Gasteiger charge is 2.46. The van der Waals surface area contributed by atoms with E-state index in [1.165, 1.54) is 6.07 Å². The maximum atomic E-state index is 13.3. The Morgan fingerprint density at radius 1 is 1.19 bits per heavy atom. The van der Waals surface area contributed by atoms with Gasteiger partial charge in [0.25, 0.3) is 11.8 Å². The first-order valence-electron chi connectivity index (χ1n) is 8.80. The van der Waals surface area contributed by atoms with Crippen molar-refractivity contribution in [2.45, 2.75) is 24.8 Å². The van der Waals surface area contributed by atoms with E-state index in [-0.39, 0.29) is 33.0 Å². The van der Waals surface area contributed by atoms with Crippen LogP contribution in [0.2, 0.25) is 0 Å². The molecule has 1 amide bonds. The average Bonchev–Trinajstić information content (AvgIpc) is 3.30. The SMILES string of the molecule is Nc1nc(Nc2ccc(F)c(F)c2)sc1C(=O)c1cc(C(=O)NC2CC(F)(F)C2)no1. The number of anilines is 3. The van der Waals surface area contributed by atoms with Gasteiger partial charge < -0.3 is 20.9 Å².